The lowest BCUT2D eigenvalue weighted by molar-refractivity contribution is 0.0978. The molecule has 3 N–H and O–H groups in total. The van der Waals surface area contributed by atoms with Crippen molar-refractivity contribution >= 4 is 16.7 Å². The third-order valence-electron chi connectivity index (χ3n) is 3.60. The molecule has 1 heterocycles. The highest BCUT2D eigenvalue weighted by molar-refractivity contribution is 6.08. The molecule has 0 bridgehead atoms. The number of fused-ring (bicyclic) bond motifs is 1. The number of nitrogens with one attached hydrogen (secondary N) is 1. The quantitative estimate of drug-likeness (QED) is 0.714. The van der Waals surface area contributed by atoms with Crippen LogP contribution in [0.4, 0.5) is 0 Å². The van der Waals surface area contributed by atoms with Gasteiger partial charge >= 0.3 is 0 Å². The van der Waals surface area contributed by atoms with Gasteiger partial charge in [0.25, 0.3) is 0 Å². The number of ketones is 1. The van der Waals surface area contributed by atoms with Gasteiger partial charge in [0.05, 0.1) is 0 Å². The number of carbonyl (C=O) groups excluding carboxylic acids is 1. The summed E-state index contributed by atoms with van der Waals surface area (Å²) < 4.78 is 0. The Morgan fingerprint density at radius 1 is 1.14 bits per heavy atom. The van der Waals surface area contributed by atoms with Gasteiger partial charge in [0.15, 0.2) is 5.78 Å². The molecule has 2 aromatic carbocycles. The van der Waals surface area contributed by atoms with Crippen molar-refractivity contribution < 1.29 is 4.79 Å². The lowest BCUT2D eigenvalue weighted by Gasteiger charge is -2.05. The van der Waals surface area contributed by atoms with Crippen molar-refractivity contribution in [1.29, 1.82) is 0 Å². The summed E-state index contributed by atoms with van der Waals surface area (Å²) in [5.41, 5.74) is 9.68. The molecule has 3 aromatic rings. The Kier molecular flexibility index (Phi) is 3.59. The summed E-state index contributed by atoms with van der Waals surface area (Å²) in [5, 5.41) is 0.960. The second kappa shape index (κ2) is 5.54. The molecule has 106 valence electrons. The van der Waals surface area contributed by atoms with Crippen molar-refractivity contribution in [2.24, 2.45) is 5.73 Å². The van der Waals surface area contributed by atoms with E-state index in [0.29, 0.717) is 6.42 Å². The molecule has 0 radical (unpaired) electrons. The molecule has 3 nitrogen and oxygen atoms in total. The largest absolute Gasteiger partial charge is 0.360 e. The van der Waals surface area contributed by atoms with Gasteiger partial charge in [0, 0.05) is 35.1 Å². The second-order valence-corrected chi connectivity index (χ2v) is 5.43. The Labute approximate surface area is 123 Å². The van der Waals surface area contributed by atoms with Crippen LogP contribution >= 0.6 is 0 Å². The van der Waals surface area contributed by atoms with Gasteiger partial charge < -0.3 is 10.7 Å². The average Bonchev–Trinajstić information content (AvgIpc) is 2.90. The molecular weight excluding hydrogens is 260 g/mol. The summed E-state index contributed by atoms with van der Waals surface area (Å²) in [6.45, 7) is 1.85. The smallest absolute Gasteiger partial charge is 0.166 e. The number of Topliss-reactive ketones (excluding diaryl/α,β-unsaturated/α-hetero) is 1. The zero-order valence-electron chi connectivity index (χ0n) is 12.0. The fraction of sp³-hybridized carbons (Fsp3) is 0.167. The number of benzene rings is 2. The van der Waals surface area contributed by atoms with Crippen LogP contribution in [0, 0.1) is 0 Å². The highest BCUT2D eigenvalue weighted by atomic mass is 16.1. The van der Waals surface area contributed by atoms with Crippen LogP contribution in [0.15, 0.2) is 54.7 Å². The lowest BCUT2D eigenvalue weighted by atomic mass is 10.00. The first kappa shape index (κ1) is 13.6. The number of aromatic amines is 1. The highest BCUT2D eigenvalue weighted by Gasteiger charge is 2.14. The number of hydrogen-bond donors (Lipinski definition) is 2. The summed E-state index contributed by atoms with van der Waals surface area (Å²) in [4.78, 5) is 15.4. The second-order valence-electron chi connectivity index (χ2n) is 5.43. The van der Waals surface area contributed by atoms with E-state index in [-0.39, 0.29) is 11.8 Å². The van der Waals surface area contributed by atoms with Gasteiger partial charge in [-0.1, -0.05) is 36.4 Å². The third-order valence-corrected chi connectivity index (χ3v) is 3.60. The summed E-state index contributed by atoms with van der Waals surface area (Å²) in [6, 6.07) is 16.2. The van der Waals surface area contributed by atoms with Gasteiger partial charge in [-0.25, -0.2) is 0 Å². The molecule has 3 rings (SSSR count). The molecular formula is C18H18N2O. The van der Waals surface area contributed by atoms with Crippen LogP contribution in [0.2, 0.25) is 0 Å². The van der Waals surface area contributed by atoms with Crippen molar-refractivity contribution in [1.82, 2.24) is 4.98 Å². The van der Waals surface area contributed by atoms with E-state index in [2.05, 4.69) is 29.2 Å². The molecule has 3 heteroatoms. The van der Waals surface area contributed by atoms with Crippen LogP contribution in [-0.4, -0.2) is 16.8 Å². The maximum atomic E-state index is 12.3. The van der Waals surface area contributed by atoms with Crippen molar-refractivity contribution in [3.05, 3.63) is 60.3 Å². The van der Waals surface area contributed by atoms with E-state index in [1.165, 1.54) is 0 Å². The molecule has 0 saturated carbocycles. The fourth-order valence-electron chi connectivity index (χ4n) is 2.56. The summed E-state index contributed by atoms with van der Waals surface area (Å²) >= 11 is 0. The van der Waals surface area contributed by atoms with E-state index < -0.39 is 0 Å². The standard InChI is InChI=1S/C18H18N2O/c1-12(19)9-18(21)16-11-20-17-8-7-14(10-15(16)17)13-5-3-2-4-6-13/h2-8,10-12,20H,9,19H2,1H3/t12-/m1/s1. The number of nitrogens with two attached hydrogens (primary N) is 1. The van der Waals surface area contributed by atoms with E-state index in [1.54, 1.807) is 6.20 Å². The Morgan fingerprint density at radius 3 is 2.62 bits per heavy atom. The van der Waals surface area contributed by atoms with E-state index in [0.717, 1.165) is 27.6 Å². The maximum absolute atomic E-state index is 12.3. The third kappa shape index (κ3) is 2.73. The van der Waals surface area contributed by atoms with Gasteiger partial charge in [-0.15, -0.1) is 0 Å². The van der Waals surface area contributed by atoms with Crippen molar-refractivity contribution in [3.63, 3.8) is 0 Å². The van der Waals surface area contributed by atoms with Crippen LogP contribution in [0.3, 0.4) is 0 Å². The Morgan fingerprint density at radius 2 is 1.90 bits per heavy atom. The molecule has 21 heavy (non-hydrogen) atoms. The average molecular weight is 278 g/mol. The van der Waals surface area contributed by atoms with Gasteiger partial charge in [-0.3, -0.25) is 4.79 Å². The summed E-state index contributed by atoms with van der Waals surface area (Å²) in [5.74, 6) is 0.0847. The topological polar surface area (TPSA) is 58.9 Å². The molecule has 0 aliphatic rings. The van der Waals surface area contributed by atoms with Gasteiger partial charge in [-0.05, 0) is 30.2 Å². The van der Waals surface area contributed by atoms with E-state index in [9.17, 15) is 4.79 Å². The predicted octanol–water partition coefficient (Wildman–Crippen LogP) is 3.75. The van der Waals surface area contributed by atoms with Crippen molar-refractivity contribution in [2.45, 2.75) is 19.4 Å². The zero-order valence-corrected chi connectivity index (χ0v) is 12.0. The van der Waals surface area contributed by atoms with Crippen LogP contribution in [0.25, 0.3) is 22.0 Å². The first-order valence-corrected chi connectivity index (χ1v) is 7.10. The number of hydrogen-bond acceptors (Lipinski definition) is 2. The first-order valence-electron chi connectivity index (χ1n) is 7.10. The summed E-state index contributed by atoms with van der Waals surface area (Å²) in [7, 11) is 0. The van der Waals surface area contributed by atoms with Gasteiger partial charge in [0.1, 0.15) is 0 Å². The Bertz CT molecular complexity index is 772. The Hall–Kier alpha value is -2.39. The Balaban J connectivity index is 2.06. The zero-order chi connectivity index (χ0) is 14.8. The first-order chi connectivity index (χ1) is 10.1. The lowest BCUT2D eigenvalue weighted by Crippen LogP contribution is -2.19. The minimum atomic E-state index is -0.125. The van der Waals surface area contributed by atoms with E-state index in [1.807, 2.05) is 31.2 Å². The van der Waals surface area contributed by atoms with Crippen molar-refractivity contribution in [2.75, 3.05) is 0 Å². The van der Waals surface area contributed by atoms with E-state index >= 15 is 0 Å². The fourth-order valence-corrected chi connectivity index (χ4v) is 2.56. The van der Waals surface area contributed by atoms with Gasteiger partial charge in [0.2, 0.25) is 0 Å². The molecule has 0 aliphatic heterocycles. The highest BCUT2D eigenvalue weighted by Crippen LogP contribution is 2.27. The monoisotopic (exact) mass is 278 g/mol. The SMILES string of the molecule is C[C@@H](N)CC(=O)c1c[nH]c2ccc(-c3ccccc3)cc12. The molecule has 0 aliphatic carbocycles. The molecule has 0 unspecified atom stereocenters. The minimum Gasteiger partial charge on any atom is -0.360 e. The van der Waals surface area contributed by atoms with Crippen molar-refractivity contribution in [3.8, 4) is 11.1 Å². The van der Waals surface area contributed by atoms with Crippen LogP contribution < -0.4 is 5.73 Å². The van der Waals surface area contributed by atoms with E-state index in [4.69, 9.17) is 5.73 Å². The maximum Gasteiger partial charge on any atom is 0.166 e. The van der Waals surface area contributed by atoms with Gasteiger partial charge in [-0.2, -0.15) is 0 Å². The van der Waals surface area contributed by atoms with Crippen LogP contribution in [-0.2, 0) is 0 Å². The minimum absolute atomic E-state index is 0.0847. The van der Waals surface area contributed by atoms with Crippen LogP contribution in [0.1, 0.15) is 23.7 Å². The van der Waals surface area contributed by atoms with Crippen LogP contribution in [0.5, 0.6) is 0 Å². The normalized spacial score (nSPS) is 12.5. The molecule has 0 fully saturated rings. The number of carbonyl (C=O) groups is 1. The molecule has 0 amide bonds. The summed E-state index contributed by atoms with van der Waals surface area (Å²) in [6.07, 6.45) is 2.15. The predicted molar refractivity (Wildman–Crippen MR) is 86.3 cm³/mol. The number of aromatic nitrogens is 1. The number of rotatable bonds is 4. The molecule has 0 saturated heterocycles. The molecule has 1 atom stereocenters. The molecule has 0 spiro atoms. The number of H-pyrrole nitrogens is 1. The molecule has 1 aromatic heterocycles.